The van der Waals surface area contributed by atoms with Gasteiger partial charge in [-0.3, -0.25) is 0 Å². The maximum absolute atomic E-state index is 8.76. The molecule has 0 aliphatic carbocycles. The summed E-state index contributed by atoms with van der Waals surface area (Å²) in [6.07, 6.45) is 2.28. The fraction of sp³-hybridized carbons (Fsp3) is 0.462. The third-order valence-corrected chi connectivity index (χ3v) is 3.13. The Morgan fingerprint density at radius 1 is 1.50 bits per heavy atom. The predicted molar refractivity (Wildman–Crippen MR) is 68.9 cm³/mol. The standard InChI is InChI=1S/C13H17ClN2/c1-4-5-10(2)16(3)13-7-6-11(9-15)8-12(13)14/h6-8,10H,4-5H2,1-3H3. The molecule has 16 heavy (non-hydrogen) atoms. The maximum Gasteiger partial charge on any atom is 0.0992 e. The van der Waals surface area contributed by atoms with Gasteiger partial charge >= 0.3 is 0 Å². The first-order valence-corrected chi connectivity index (χ1v) is 5.90. The number of hydrogen-bond donors (Lipinski definition) is 0. The van der Waals surface area contributed by atoms with Crippen molar-refractivity contribution in [3.8, 4) is 6.07 Å². The Labute approximate surface area is 102 Å². The van der Waals surface area contributed by atoms with Crippen LogP contribution in [-0.4, -0.2) is 13.1 Å². The quantitative estimate of drug-likeness (QED) is 0.794. The highest BCUT2D eigenvalue weighted by molar-refractivity contribution is 6.33. The first-order chi connectivity index (χ1) is 7.60. The zero-order valence-electron chi connectivity index (χ0n) is 10.00. The second-order valence-corrected chi connectivity index (χ2v) is 4.43. The number of nitrogens with zero attached hydrogens (tertiary/aromatic N) is 2. The monoisotopic (exact) mass is 236 g/mol. The van der Waals surface area contributed by atoms with Crippen molar-refractivity contribution in [1.82, 2.24) is 0 Å². The van der Waals surface area contributed by atoms with Gasteiger partial charge in [0.25, 0.3) is 0 Å². The average Bonchev–Trinajstić information content (AvgIpc) is 2.28. The summed E-state index contributed by atoms with van der Waals surface area (Å²) in [5, 5.41) is 9.41. The molecule has 0 aliphatic rings. The van der Waals surface area contributed by atoms with Gasteiger partial charge in [0, 0.05) is 13.1 Å². The zero-order chi connectivity index (χ0) is 12.1. The van der Waals surface area contributed by atoms with E-state index in [1.54, 1.807) is 12.1 Å². The minimum atomic E-state index is 0.454. The van der Waals surface area contributed by atoms with Gasteiger partial charge < -0.3 is 4.90 Å². The number of anilines is 1. The second kappa shape index (κ2) is 5.77. The molecule has 0 saturated heterocycles. The van der Waals surface area contributed by atoms with Crippen LogP contribution in [0.3, 0.4) is 0 Å². The molecule has 1 rings (SSSR count). The van der Waals surface area contributed by atoms with Crippen LogP contribution < -0.4 is 4.90 Å². The summed E-state index contributed by atoms with van der Waals surface area (Å²) in [5.74, 6) is 0. The average molecular weight is 237 g/mol. The number of halogens is 1. The highest BCUT2D eigenvalue weighted by Crippen LogP contribution is 2.27. The third-order valence-electron chi connectivity index (χ3n) is 2.82. The topological polar surface area (TPSA) is 27.0 Å². The van der Waals surface area contributed by atoms with Crippen LogP contribution in [0.5, 0.6) is 0 Å². The summed E-state index contributed by atoms with van der Waals surface area (Å²) in [6, 6.07) is 7.97. The van der Waals surface area contributed by atoms with Crippen molar-refractivity contribution in [1.29, 1.82) is 5.26 Å². The molecule has 0 spiro atoms. The summed E-state index contributed by atoms with van der Waals surface area (Å²) < 4.78 is 0. The van der Waals surface area contributed by atoms with Crippen LogP contribution >= 0.6 is 11.6 Å². The molecule has 0 amide bonds. The Morgan fingerprint density at radius 3 is 2.69 bits per heavy atom. The van der Waals surface area contributed by atoms with Crippen molar-refractivity contribution in [2.45, 2.75) is 32.7 Å². The van der Waals surface area contributed by atoms with E-state index in [4.69, 9.17) is 16.9 Å². The van der Waals surface area contributed by atoms with Crippen molar-refractivity contribution in [2.24, 2.45) is 0 Å². The van der Waals surface area contributed by atoms with Crippen LogP contribution in [0.2, 0.25) is 5.02 Å². The van der Waals surface area contributed by atoms with Gasteiger partial charge in [0.15, 0.2) is 0 Å². The molecule has 0 bridgehead atoms. The Hall–Kier alpha value is -1.20. The van der Waals surface area contributed by atoms with Crippen LogP contribution in [0.1, 0.15) is 32.3 Å². The minimum Gasteiger partial charge on any atom is -0.371 e. The molecule has 0 fully saturated rings. The Morgan fingerprint density at radius 2 is 2.19 bits per heavy atom. The van der Waals surface area contributed by atoms with E-state index in [0.29, 0.717) is 16.6 Å². The van der Waals surface area contributed by atoms with Gasteiger partial charge in [-0.2, -0.15) is 5.26 Å². The lowest BCUT2D eigenvalue weighted by Gasteiger charge is -2.27. The lowest BCUT2D eigenvalue weighted by Crippen LogP contribution is -2.28. The molecule has 1 aromatic carbocycles. The molecule has 1 atom stereocenters. The predicted octanol–water partition coefficient (Wildman–Crippen LogP) is 3.84. The molecule has 0 radical (unpaired) electrons. The summed E-state index contributed by atoms with van der Waals surface area (Å²) in [4.78, 5) is 2.16. The third kappa shape index (κ3) is 2.90. The van der Waals surface area contributed by atoms with Crippen LogP contribution in [0, 0.1) is 11.3 Å². The first-order valence-electron chi connectivity index (χ1n) is 5.52. The van der Waals surface area contributed by atoms with Gasteiger partial charge in [-0.05, 0) is 31.5 Å². The van der Waals surface area contributed by atoms with Crippen molar-refractivity contribution >= 4 is 17.3 Å². The van der Waals surface area contributed by atoms with E-state index in [1.807, 2.05) is 13.1 Å². The molecular formula is C13H17ClN2. The molecule has 0 aliphatic heterocycles. The fourth-order valence-electron chi connectivity index (χ4n) is 1.71. The summed E-state index contributed by atoms with van der Waals surface area (Å²) >= 11 is 6.15. The molecule has 0 aromatic heterocycles. The van der Waals surface area contributed by atoms with E-state index >= 15 is 0 Å². The van der Waals surface area contributed by atoms with E-state index in [-0.39, 0.29) is 0 Å². The molecule has 86 valence electrons. The summed E-state index contributed by atoms with van der Waals surface area (Å²) in [7, 11) is 2.04. The van der Waals surface area contributed by atoms with Crippen LogP contribution in [0.15, 0.2) is 18.2 Å². The van der Waals surface area contributed by atoms with Gasteiger partial charge in [0.1, 0.15) is 0 Å². The largest absolute Gasteiger partial charge is 0.371 e. The van der Waals surface area contributed by atoms with Gasteiger partial charge in [0.05, 0.1) is 22.3 Å². The summed E-state index contributed by atoms with van der Waals surface area (Å²) in [6.45, 7) is 4.35. The van der Waals surface area contributed by atoms with E-state index in [1.165, 1.54) is 0 Å². The van der Waals surface area contributed by atoms with Crippen molar-refractivity contribution in [3.63, 3.8) is 0 Å². The Bertz CT molecular complexity index is 395. The van der Waals surface area contributed by atoms with Crippen molar-refractivity contribution < 1.29 is 0 Å². The highest BCUT2D eigenvalue weighted by Gasteiger charge is 2.12. The number of nitriles is 1. The highest BCUT2D eigenvalue weighted by atomic mass is 35.5. The Kier molecular flexibility index (Phi) is 4.64. The van der Waals surface area contributed by atoms with Crippen LogP contribution in [-0.2, 0) is 0 Å². The van der Waals surface area contributed by atoms with E-state index in [9.17, 15) is 0 Å². The van der Waals surface area contributed by atoms with E-state index in [2.05, 4.69) is 24.8 Å². The number of hydrogen-bond acceptors (Lipinski definition) is 2. The first kappa shape index (κ1) is 12.9. The minimum absolute atomic E-state index is 0.454. The smallest absolute Gasteiger partial charge is 0.0992 e. The van der Waals surface area contributed by atoms with Crippen LogP contribution in [0.25, 0.3) is 0 Å². The molecular weight excluding hydrogens is 220 g/mol. The van der Waals surface area contributed by atoms with Gasteiger partial charge in [-0.1, -0.05) is 24.9 Å². The van der Waals surface area contributed by atoms with Gasteiger partial charge in [0.2, 0.25) is 0 Å². The van der Waals surface area contributed by atoms with Gasteiger partial charge in [-0.25, -0.2) is 0 Å². The van der Waals surface area contributed by atoms with Crippen LogP contribution in [0.4, 0.5) is 5.69 Å². The summed E-state index contributed by atoms with van der Waals surface area (Å²) in [5.41, 5.74) is 1.59. The lowest BCUT2D eigenvalue weighted by molar-refractivity contribution is 0.616. The number of benzene rings is 1. The molecule has 1 unspecified atom stereocenters. The van der Waals surface area contributed by atoms with Crippen molar-refractivity contribution in [2.75, 3.05) is 11.9 Å². The number of rotatable bonds is 4. The normalized spacial score (nSPS) is 11.9. The fourth-order valence-corrected chi connectivity index (χ4v) is 2.03. The molecule has 0 N–H and O–H groups in total. The SMILES string of the molecule is CCCC(C)N(C)c1ccc(C#N)cc1Cl. The molecule has 1 aromatic rings. The molecule has 0 saturated carbocycles. The zero-order valence-corrected chi connectivity index (χ0v) is 10.8. The molecule has 0 heterocycles. The second-order valence-electron chi connectivity index (χ2n) is 4.03. The van der Waals surface area contributed by atoms with E-state index in [0.717, 1.165) is 18.5 Å². The maximum atomic E-state index is 8.76. The Balaban J connectivity index is 2.92. The molecule has 3 heteroatoms. The van der Waals surface area contributed by atoms with E-state index < -0.39 is 0 Å². The lowest BCUT2D eigenvalue weighted by atomic mass is 10.1. The molecule has 2 nitrogen and oxygen atoms in total. The van der Waals surface area contributed by atoms with Crippen molar-refractivity contribution in [3.05, 3.63) is 28.8 Å². The van der Waals surface area contributed by atoms with Gasteiger partial charge in [-0.15, -0.1) is 0 Å².